The number of carbonyl (C=O) groups is 1. The number of anilines is 1. The van der Waals surface area contributed by atoms with Gasteiger partial charge >= 0.3 is 5.97 Å². The second-order valence-electron chi connectivity index (χ2n) is 4.81. The number of nitrogens with one attached hydrogen (secondary N) is 1. The van der Waals surface area contributed by atoms with Crippen molar-refractivity contribution in [2.45, 2.75) is 26.9 Å². The number of nitrogens with two attached hydrogens (primary N) is 1. The van der Waals surface area contributed by atoms with Crippen LogP contribution >= 0.6 is 0 Å². The quantitative estimate of drug-likeness (QED) is 0.795. The second kappa shape index (κ2) is 5.24. The van der Waals surface area contributed by atoms with Gasteiger partial charge < -0.3 is 15.6 Å². The van der Waals surface area contributed by atoms with Gasteiger partial charge in [-0.15, -0.1) is 0 Å². The van der Waals surface area contributed by atoms with Crippen molar-refractivity contribution in [3.63, 3.8) is 0 Å². The van der Waals surface area contributed by atoms with E-state index in [1.165, 1.54) is 0 Å². The van der Waals surface area contributed by atoms with Crippen LogP contribution in [0.5, 0.6) is 5.75 Å². The van der Waals surface area contributed by atoms with E-state index in [-0.39, 0.29) is 17.6 Å². The maximum Gasteiger partial charge on any atom is 0.354 e. The molecule has 0 fully saturated rings. The van der Waals surface area contributed by atoms with Crippen molar-refractivity contribution in [2.75, 3.05) is 5.73 Å². The third-order valence-corrected chi connectivity index (χ3v) is 2.83. The number of nitrogens with zero attached hydrogens (tertiary/aromatic N) is 1. The van der Waals surface area contributed by atoms with Gasteiger partial charge in [0, 0.05) is 0 Å². The van der Waals surface area contributed by atoms with Crippen LogP contribution in [-0.2, 0) is 0 Å². The highest BCUT2D eigenvalue weighted by Crippen LogP contribution is 2.31. The number of carboxylic acid groups (broad SMARTS) is 1. The molecule has 4 N–H and O–H groups in total. The fourth-order valence-corrected chi connectivity index (χ4v) is 1.99. The molecule has 6 heteroatoms. The number of aromatic carboxylic acids is 1. The van der Waals surface area contributed by atoms with Crippen molar-refractivity contribution in [1.29, 1.82) is 0 Å². The van der Waals surface area contributed by atoms with E-state index in [2.05, 4.69) is 10.2 Å². The van der Waals surface area contributed by atoms with Gasteiger partial charge in [0.2, 0.25) is 0 Å². The van der Waals surface area contributed by atoms with Crippen molar-refractivity contribution in [3.8, 4) is 16.9 Å². The molecular formula is C14H17N3O3. The lowest BCUT2D eigenvalue weighted by Gasteiger charge is -2.13. The van der Waals surface area contributed by atoms with Gasteiger partial charge in [-0.3, -0.25) is 5.10 Å². The Kier molecular flexibility index (Phi) is 3.65. The summed E-state index contributed by atoms with van der Waals surface area (Å²) in [6, 6.07) is 5.42. The maximum absolute atomic E-state index is 11.2. The molecule has 0 amide bonds. The lowest BCUT2D eigenvalue weighted by Crippen LogP contribution is -2.06. The van der Waals surface area contributed by atoms with E-state index in [1.54, 1.807) is 6.07 Å². The van der Waals surface area contributed by atoms with Crippen LogP contribution in [0.3, 0.4) is 0 Å². The van der Waals surface area contributed by atoms with Gasteiger partial charge in [-0.2, -0.15) is 5.10 Å². The highest BCUT2D eigenvalue weighted by molar-refractivity contribution is 5.97. The van der Waals surface area contributed by atoms with Gasteiger partial charge in [-0.05, 0) is 44.0 Å². The van der Waals surface area contributed by atoms with Crippen LogP contribution in [0.15, 0.2) is 18.2 Å². The molecule has 0 aliphatic heterocycles. The van der Waals surface area contributed by atoms with E-state index >= 15 is 0 Å². The third-order valence-electron chi connectivity index (χ3n) is 2.83. The Morgan fingerprint density at radius 3 is 2.70 bits per heavy atom. The summed E-state index contributed by atoms with van der Waals surface area (Å²) in [7, 11) is 0. The Bertz CT molecular complexity index is 647. The van der Waals surface area contributed by atoms with Crippen LogP contribution in [0, 0.1) is 6.92 Å². The number of rotatable bonds is 4. The molecule has 0 saturated carbocycles. The molecule has 0 bridgehead atoms. The predicted octanol–water partition coefficient (Wildman–Crippen LogP) is 2.45. The van der Waals surface area contributed by atoms with E-state index in [1.807, 2.05) is 32.9 Å². The molecule has 1 aromatic carbocycles. The summed E-state index contributed by atoms with van der Waals surface area (Å²) in [5.74, 6) is -0.161. The average Bonchev–Trinajstić information content (AvgIpc) is 2.73. The monoisotopic (exact) mass is 275 g/mol. The zero-order valence-corrected chi connectivity index (χ0v) is 11.6. The number of aryl methyl sites for hydroxylation is 1. The summed E-state index contributed by atoms with van der Waals surface area (Å²) in [5, 5.41) is 15.3. The smallest absolute Gasteiger partial charge is 0.354 e. The normalized spacial score (nSPS) is 10.8. The minimum Gasteiger partial charge on any atom is -0.491 e. The summed E-state index contributed by atoms with van der Waals surface area (Å²) in [4.78, 5) is 11.2. The number of aromatic nitrogens is 2. The van der Waals surface area contributed by atoms with E-state index in [9.17, 15) is 4.79 Å². The molecule has 2 rings (SSSR count). The van der Waals surface area contributed by atoms with E-state index < -0.39 is 5.97 Å². The van der Waals surface area contributed by atoms with Gasteiger partial charge in [0.05, 0.1) is 11.7 Å². The Hall–Kier alpha value is -2.50. The van der Waals surface area contributed by atoms with E-state index in [0.29, 0.717) is 11.1 Å². The number of hydrogen-bond donors (Lipinski definition) is 3. The summed E-state index contributed by atoms with van der Waals surface area (Å²) in [6.07, 6.45) is 0.0770. The summed E-state index contributed by atoms with van der Waals surface area (Å²) in [6.45, 7) is 5.80. The largest absolute Gasteiger partial charge is 0.491 e. The zero-order valence-electron chi connectivity index (χ0n) is 11.6. The van der Waals surface area contributed by atoms with Crippen molar-refractivity contribution >= 4 is 11.8 Å². The van der Waals surface area contributed by atoms with Crippen LogP contribution in [0.2, 0.25) is 0 Å². The third kappa shape index (κ3) is 2.59. The second-order valence-corrected chi connectivity index (χ2v) is 4.81. The number of H-pyrrole nitrogens is 1. The van der Waals surface area contributed by atoms with Gasteiger partial charge in [-0.25, -0.2) is 4.79 Å². The first kappa shape index (κ1) is 13.9. The molecule has 20 heavy (non-hydrogen) atoms. The minimum absolute atomic E-state index is 0.0144. The molecule has 0 aliphatic rings. The van der Waals surface area contributed by atoms with E-state index in [4.69, 9.17) is 15.6 Å². The lowest BCUT2D eigenvalue weighted by atomic mass is 10.0. The SMILES string of the molecule is Cc1cc(-c2c(N)n[nH]c2C(=O)O)ccc1OC(C)C. The van der Waals surface area contributed by atoms with Crippen LogP contribution in [0.1, 0.15) is 29.9 Å². The number of ether oxygens (including phenoxy) is 1. The standard InChI is InChI=1S/C14H17N3O3/c1-7(2)20-10-5-4-9(6-8(10)3)11-12(14(18)19)16-17-13(11)15/h4-7H,1-3H3,(H,18,19)(H3,15,16,17). The molecule has 6 nitrogen and oxygen atoms in total. The Balaban J connectivity index is 2.47. The molecular weight excluding hydrogens is 258 g/mol. The fraction of sp³-hybridized carbons (Fsp3) is 0.286. The maximum atomic E-state index is 11.2. The van der Waals surface area contributed by atoms with Gasteiger partial charge in [0.25, 0.3) is 0 Å². The van der Waals surface area contributed by atoms with Crippen LogP contribution in [0.25, 0.3) is 11.1 Å². The molecule has 0 aliphatic carbocycles. The first-order valence-corrected chi connectivity index (χ1v) is 6.25. The molecule has 0 radical (unpaired) electrons. The molecule has 1 aromatic heterocycles. The Morgan fingerprint density at radius 1 is 1.45 bits per heavy atom. The number of benzene rings is 1. The number of hydrogen-bond acceptors (Lipinski definition) is 4. The van der Waals surface area contributed by atoms with Gasteiger partial charge in [-0.1, -0.05) is 6.07 Å². The van der Waals surface area contributed by atoms with E-state index in [0.717, 1.165) is 11.3 Å². The Labute approximate surface area is 116 Å². The summed E-state index contributed by atoms with van der Waals surface area (Å²) in [5.41, 5.74) is 7.74. The van der Waals surface area contributed by atoms with Crippen LogP contribution in [0.4, 0.5) is 5.82 Å². The van der Waals surface area contributed by atoms with Crippen LogP contribution in [-0.4, -0.2) is 27.4 Å². The molecule has 0 atom stereocenters. The minimum atomic E-state index is -1.09. The van der Waals surface area contributed by atoms with Gasteiger partial charge in [0.1, 0.15) is 5.75 Å². The molecule has 2 aromatic rings. The zero-order chi connectivity index (χ0) is 14.9. The summed E-state index contributed by atoms with van der Waals surface area (Å²) >= 11 is 0. The Morgan fingerprint density at radius 2 is 2.15 bits per heavy atom. The highest BCUT2D eigenvalue weighted by atomic mass is 16.5. The predicted molar refractivity (Wildman–Crippen MR) is 75.9 cm³/mol. The molecule has 106 valence electrons. The number of nitrogen functional groups attached to an aromatic ring is 1. The van der Waals surface area contributed by atoms with Gasteiger partial charge in [0.15, 0.2) is 11.5 Å². The number of carboxylic acids is 1. The summed E-state index contributed by atoms with van der Waals surface area (Å²) < 4.78 is 5.65. The first-order valence-electron chi connectivity index (χ1n) is 6.25. The van der Waals surface area contributed by atoms with Crippen molar-refractivity contribution < 1.29 is 14.6 Å². The molecule has 0 unspecified atom stereocenters. The topological polar surface area (TPSA) is 101 Å². The fourth-order valence-electron chi connectivity index (χ4n) is 1.99. The molecule has 0 spiro atoms. The van der Waals surface area contributed by atoms with Crippen LogP contribution < -0.4 is 10.5 Å². The van der Waals surface area contributed by atoms with Crippen molar-refractivity contribution in [2.24, 2.45) is 0 Å². The average molecular weight is 275 g/mol. The molecule has 1 heterocycles. The highest BCUT2D eigenvalue weighted by Gasteiger charge is 2.19. The first-order chi connectivity index (χ1) is 9.40. The number of aromatic amines is 1. The molecule has 0 saturated heterocycles. The van der Waals surface area contributed by atoms with Crippen molar-refractivity contribution in [3.05, 3.63) is 29.5 Å². The van der Waals surface area contributed by atoms with Crippen molar-refractivity contribution in [1.82, 2.24) is 10.2 Å². The lowest BCUT2D eigenvalue weighted by molar-refractivity contribution is 0.0691.